The normalized spacial score (nSPS) is 11.9. The number of carboxylic acid groups (broad SMARTS) is 1. The summed E-state index contributed by atoms with van der Waals surface area (Å²) in [5.41, 5.74) is 0. The van der Waals surface area contributed by atoms with E-state index in [-0.39, 0.29) is 12.6 Å². The van der Waals surface area contributed by atoms with Crippen LogP contribution in [0.1, 0.15) is 33.6 Å². The molecule has 0 radical (unpaired) electrons. The molecule has 0 heterocycles. The van der Waals surface area contributed by atoms with Gasteiger partial charge in [-0.15, -0.1) is 0 Å². The number of hydrogen-bond donors (Lipinski definition) is 2. The maximum absolute atomic E-state index is 11.6. The second-order valence-electron chi connectivity index (χ2n) is 4.01. The first kappa shape index (κ1) is 14.7. The molecule has 0 aromatic rings. The maximum atomic E-state index is 11.6. The predicted molar refractivity (Wildman–Crippen MR) is 62.4 cm³/mol. The van der Waals surface area contributed by atoms with Gasteiger partial charge in [-0.2, -0.15) is 0 Å². The Bertz CT molecular complexity index is 231. The largest absolute Gasteiger partial charge is 0.480 e. The van der Waals surface area contributed by atoms with Crippen LogP contribution >= 0.6 is 0 Å². The minimum Gasteiger partial charge on any atom is -0.480 e. The number of nitrogens with zero attached hydrogens (tertiary/aromatic N) is 1. The van der Waals surface area contributed by atoms with Crippen molar-refractivity contribution in [2.75, 3.05) is 19.6 Å². The zero-order chi connectivity index (χ0) is 12.6. The Balaban J connectivity index is 4.10. The lowest BCUT2D eigenvalue weighted by Crippen LogP contribution is -2.44. The van der Waals surface area contributed by atoms with Gasteiger partial charge in [0.25, 0.3) is 0 Å². The van der Waals surface area contributed by atoms with Crippen molar-refractivity contribution < 1.29 is 14.7 Å². The van der Waals surface area contributed by atoms with E-state index >= 15 is 0 Å². The summed E-state index contributed by atoms with van der Waals surface area (Å²) in [6.07, 6.45) is 1.75. The van der Waals surface area contributed by atoms with E-state index in [0.29, 0.717) is 19.0 Å². The molecule has 1 atom stereocenters. The van der Waals surface area contributed by atoms with Crippen molar-refractivity contribution in [1.82, 2.24) is 10.2 Å². The van der Waals surface area contributed by atoms with Crippen molar-refractivity contribution in [3.8, 4) is 0 Å². The molecule has 2 N–H and O–H groups in total. The van der Waals surface area contributed by atoms with Gasteiger partial charge in [0.05, 0.1) is 0 Å². The smallest absolute Gasteiger partial charge is 0.323 e. The third-order valence-corrected chi connectivity index (χ3v) is 2.41. The molecule has 0 spiro atoms. The van der Waals surface area contributed by atoms with Gasteiger partial charge in [0, 0.05) is 13.1 Å². The van der Waals surface area contributed by atoms with Crippen LogP contribution in [0, 0.1) is 5.92 Å². The van der Waals surface area contributed by atoms with Crippen LogP contribution in [-0.2, 0) is 4.79 Å². The summed E-state index contributed by atoms with van der Waals surface area (Å²) < 4.78 is 0. The predicted octanol–water partition coefficient (Wildman–Crippen LogP) is 1.54. The molecule has 0 fully saturated rings. The highest BCUT2D eigenvalue weighted by Crippen LogP contribution is 1.99. The van der Waals surface area contributed by atoms with Gasteiger partial charge in [0.1, 0.15) is 6.54 Å². The monoisotopic (exact) mass is 230 g/mol. The quantitative estimate of drug-likeness (QED) is 0.697. The van der Waals surface area contributed by atoms with E-state index in [0.717, 1.165) is 12.8 Å². The lowest BCUT2D eigenvalue weighted by atomic mass is 10.1. The number of amides is 2. The summed E-state index contributed by atoms with van der Waals surface area (Å²) in [4.78, 5) is 23.5. The molecule has 0 aromatic heterocycles. The van der Waals surface area contributed by atoms with Gasteiger partial charge in [-0.3, -0.25) is 4.79 Å². The van der Waals surface area contributed by atoms with E-state index in [4.69, 9.17) is 5.11 Å². The molecule has 0 saturated heterocycles. The Morgan fingerprint density at radius 3 is 2.44 bits per heavy atom. The Morgan fingerprint density at radius 2 is 2.00 bits per heavy atom. The Morgan fingerprint density at radius 1 is 1.38 bits per heavy atom. The summed E-state index contributed by atoms with van der Waals surface area (Å²) in [6, 6.07) is -0.287. The fraction of sp³-hybridized carbons (Fsp3) is 0.818. The van der Waals surface area contributed by atoms with Crippen LogP contribution in [0.3, 0.4) is 0 Å². The van der Waals surface area contributed by atoms with Gasteiger partial charge in [0.2, 0.25) is 0 Å². The summed E-state index contributed by atoms with van der Waals surface area (Å²) in [5, 5.41) is 11.4. The fourth-order valence-electron chi connectivity index (χ4n) is 1.20. The third-order valence-electron chi connectivity index (χ3n) is 2.41. The molecule has 1 unspecified atom stereocenters. The maximum Gasteiger partial charge on any atom is 0.323 e. The molecular weight excluding hydrogens is 208 g/mol. The average Bonchev–Trinajstić information content (AvgIpc) is 2.24. The minimum absolute atomic E-state index is 0.236. The molecule has 0 aliphatic carbocycles. The molecule has 0 aliphatic heterocycles. The number of nitrogens with one attached hydrogen (secondary N) is 1. The van der Waals surface area contributed by atoms with Crippen LogP contribution in [0.4, 0.5) is 4.79 Å². The van der Waals surface area contributed by atoms with Gasteiger partial charge < -0.3 is 15.3 Å². The van der Waals surface area contributed by atoms with Crippen molar-refractivity contribution in [3.05, 3.63) is 0 Å². The van der Waals surface area contributed by atoms with Crippen LogP contribution in [-0.4, -0.2) is 41.6 Å². The van der Waals surface area contributed by atoms with Gasteiger partial charge in [-0.05, 0) is 12.3 Å². The molecule has 5 heteroatoms. The van der Waals surface area contributed by atoms with E-state index in [1.165, 1.54) is 4.90 Å². The van der Waals surface area contributed by atoms with Crippen LogP contribution < -0.4 is 5.32 Å². The van der Waals surface area contributed by atoms with Crippen LogP contribution in [0.25, 0.3) is 0 Å². The summed E-state index contributed by atoms with van der Waals surface area (Å²) in [6.45, 7) is 6.84. The third kappa shape index (κ3) is 6.27. The summed E-state index contributed by atoms with van der Waals surface area (Å²) >= 11 is 0. The van der Waals surface area contributed by atoms with E-state index in [1.807, 2.05) is 13.8 Å². The van der Waals surface area contributed by atoms with Crippen molar-refractivity contribution in [1.29, 1.82) is 0 Å². The SMILES string of the molecule is CCCN(CC(=O)O)C(=O)NCC(C)CC. The Kier molecular flexibility index (Phi) is 7.33. The van der Waals surface area contributed by atoms with Crippen LogP contribution in [0.2, 0.25) is 0 Å². The molecule has 2 amide bonds. The Hall–Kier alpha value is -1.26. The van der Waals surface area contributed by atoms with Crippen molar-refractivity contribution in [2.24, 2.45) is 5.92 Å². The molecule has 0 aromatic carbocycles. The van der Waals surface area contributed by atoms with Crippen molar-refractivity contribution >= 4 is 12.0 Å². The summed E-state index contributed by atoms with van der Waals surface area (Å²) in [7, 11) is 0. The zero-order valence-electron chi connectivity index (χ0n) is 10.3. The van der Waals surface area contributed by atoms with Gasteiger partial charge in [-0.1, -0.05) is 27.2 Å². The topological polar surface area (TPSA) is 69.6 Å². The molecular formula is C11H22N2O3. The van der Waals surface area contributed by atoms with Gasteiger partial charge in [0.15, 0.2) is 0 Å². The fourth-order valence-corrected chi connectivity index (χ4v) is 1.20. The number of hydrogen-bond acceptors (Lipinski definition) is 2. The molecule has 0 aliphatic rings. The van der Waals surface area contributed by atoms with E-state index in [2.05, 4.69) is 12.2 Å². The highest BCUT2D eigenvalue weighted by atomic mass is 16.4. The molecule has 0 saturated carbocycles. The van der Waals surface area contributed by atoms with Crippen LogP contribution in [0.15, 0.2) is 0 Å². The first-order chi connectivity index (χ1) is 7.51. The molecule has 5 nitrogen and oxygen atoms in total. The lowest BCUT2D eigenvalue weighted by molar-refractivity contribution is -0.137. The number of urea groups is 1. The lowest BCUT2D eigenvalue weighted by Gasteiger charge is -2.21. The van der Waals surface area contributed by atoms with Crippen molar-refractivity contribution in [3.63, 3.8) is 0 Å². The first-order valence-corrected chi connectivity index (χ1v) is 5.75. The summed E-state index contributed by atoms with van der Waals surface area (Å²) in [5.74, 6) is -0.565. The second kappa shape index (κ2) is 7.96. The highest BCUT2D eigenvalue weighted by Gasteiger charge is 2.15. The number of carboxylic acids is 1. The Labute approximate surface area is 96.8 Å². The number of carbonyl (C=O) groups excluding carboxylic acids is 1. The van der Waals surface area contributed by atoms with E-state index in [9.17, 15) is 9.59 Å². The second-order valence-corrected chi connectivity index (χ2v) is 4.01. The molecule has 0 rings (SSSR count). The molecule has 0 bridgehead atoms. The van der Waals surface area contributed by atoms with Gasteiger partial charge >= 0.3 is 12.0 Å². The number of aliphatic carboxylic acids is 1. The highest BCUT2D eigenvalue weighted by molar-refractivity contribution is 5.80. The minimum atomic E-state index is -0.980. The number of carbonyl (C=O) groups is 2. The standard InChI is InChI=1S/C11H22N2O3/c1-4-6-13(8-10(14)15)11(16)12-7-9(3)5-2/h9H,4-8H2,1-3H3,(H,12,16)(H,14,15). The average molecular weight is 230 g/mol. The zero-order valence-corrected chi connectivity index (χ0v) is 10.3. The molecule has 94 valence electrons. The number of rotatable bonds is 7. The first-order valence-electron chi connectivity index (χ1n) is 5.75. The van der Waals surface area contributed by atoms with Crippen molar-refractivity contribution in [2.45, 2.75) is 33.6 Å². The van der Waals surface area contributed by atoms with Crippen LogP contribution in [0.5, 0.6) is 0 Å². The van der Waals surface area contributed by atoms with E-state index in [1.54, 1.807) is 0 Å². The molecule has 16 heavy (non-hydrogen) atoms. The van der Waals surface area contributed by atoms with E-state index < -0.39 is 5.97 Å². The van der Waals surface area contributed by atoms with Gasteiger partial charge in [-0.25, -0.2) is 4.79 Å².